The number of fused-ring (bicyclic) bond motifs is 1. The van der Waals surface area contributed by atoms with Gasteiger partial charge < -0.3 is 15.5 Å². The Morgan fingerprint density at radius 1 is 1.18 bits per heavy atom. The van der Waals surface area contributed by atoms with E-state index in [-0.39, 0.29) is 17.5 Å². The van der Waals surface area contributed by atoms with Gasteiger partial charge in [0.05, 0.1) is 24.0 Å². The molecule has 4 aromatic heterocycles. The molecule has 0 aliphatic heterocycles. The number of rotatable bonds is 5. The van der Waals surface area contributed by atoms with Crippen LogP contribution in [0.1, 0.15) is 24.9 Å². The van der Waals surface area contributed by atoms with E-state index in [9.17, 15) is 0 Å². The van der Waals surface area contributed by atoms with Gasteiger partial charge in [0, 0.05) is 23.5 Å². The topological polar surface area (TPSA) is 85.5 Å². The summed E-state index contributed by atoms with van der Waals surface area (Å²) in [5.74, 6) is 0.617. The average molecular weight is 369 g/mol. The third-order valence-corrected chi connectivity index (χ3v) is 4.67. The lowest BCUT2D eigenvalue weighted by molar-refractivity contribution is 0.746. The zero-order valence-corrected chi connectivity index (χ0v) is 15.4. The van der Waals surface area contributed by atoms with Crippen LogP contribution in [0.2, 0.25) is 0 Å². The first kappa shape index (κ1) is 17.5. The average Bonchev–Trinajstić information content (AvgIpc) is 3.12. The van der Waals surface area contributed by atoms with Gasteiger partial charge in [0.25, 0.3) is 5.69 Å². The van der Waals surface area contributed by atoms with Gasteiger partial charge in [-0.05, 0) is 36.8 Å². The summed E-state index contributed by atoms with van der Waals surface area (Å²) in [6, 6.07) is 14.0. The van der Waals surface area contributed by atoms with Crippen LogP contribution in [0.3, 0.4) is 0 Å². The van der Waals surface area contributed by atoms with Gasteiger partial charge >= 0.3 is 0 Å². The molecule has 0 saturated carbocycles. The van der Waals surface area contributed by atoms with Crippen LogP contribution in [-0.4, -0.2) is 19.4 Å². The predicted octanol–water partition coefficient (Wildman–Crippen LogP) is 4.49. The number of pyridine rings is 2. The predicted molar refractivity (Wildman–Crippen MR) is 110 cm³/mol. The van der Waals surface area contributed by atoms with E-state index in [2.05, 4.69) is 48.6 Å². The van der Waals surface area contributed by atoms with Gasteiger partial charge in [-0.1, -0.05) is 19.1 Å². The Hall–Kier alpha value is -3.92. The molecule has 0 aromatic carbocycles. The molecule has 4 aromatic rings. The van der Waals surface area contributed by atoms with E-state index in [0.717, 1.165) is 28.9 Å². The maximum Gasteiger partial charge on any atom is 0.268 e. The molecule has 3 N–H and O–H groups in total. The smallest absolute Gasteiger partial charge is 0.268 e. The van der Waals surface area contributed by atoms with Crippen LogP contribution < -0.4 is 11.1 Å². The van der Waals surface area contributed by atoms with Crippen LogP contribution in [0.15, 0.2) is 61.2 Å². The van der Waals surface area contributed by atoms with Gasteiger partial charge in [-0.15, -0.1) is 0 Å². The Bertz CT molecular complexity index is 1160. The summed E-state index contributed by atoms with van der Waals surface area (Å²) in [4.78, 5) is 16.2. The van der Waals surface area contributed by atoms with E-state index < -0.39 is 0 Å². The van der Waals surface area contributed by atoms with Crippen molar-refractivity contribution in [3.8, 4) is 11.4 Å². The first-order chi connectivity index (χ1) is 13.7. The molecule has 0 radical (unpaired) electrons. The Balaban J connectivity index is 1.86. The summed E-state index contributed by atoms with van der Waals surface area (Å²) in [6.45, 7) is 9.49. The van der Waals surface area contributed by atoms with Crippen molar-refractivity contribution in [1.29, 1.82) is 0 Å². The first-order valence-electron chi connectivity index (χ1n) is 8.98. The van der Waals surface area contributed by atoms with Crippen molar-refractivity contribution in [3.05, 3.63) is 78.2 Å². The number of hydrogen-bond donors (Lipinski definition) is 2. The highest BCUT2D eigenvalue weighted by molar-refractivity contribution is 5.77. The van der Waals surface area contributed by atoms with Crippen LogP contribution in [0.5, 0.6) is 0 Å². The third kappa shape index (κ3) is 3.01. The van der Waals surface area contributed by atoms with Gasteiger partial charge in [-0.3, -0.25) is 4.98 Å². The number of nitrogen functional groups attached to an aromatic ring is 1. The lowest BCUT2D eigenvalue weighted by Crippen LogP contribution is -2.12. The molecule has 28 heavy (non-hydrogen) atoms. The number of nitrogens with zero attached hydrogens (tertiary/aromatic N) is 5. The van der Waals surface area contributed by atoms with E-state index in [1.54, 1.807) is 6.20 Å². The highest BCUT2D eigenvalue weighted by Gasteiger charge is 2.22. The van der Waals surface area contributed by atoms with E-state index >= 15 is 0 Å². The highest BCUT2D eigenvalue weighted by atomic mass is 15.1. The molecule has 4 heterocycles. The highest BCUT2D eigenvalue weighted by Crippen LogP contribution is 2.36. The van der Waals surface area contributed by atoms with Crippen LogP contribution in [0, 0.1) is 6.57 Å². The van der Waals surface area contributed by atoms with Crippen molar-refractivity contribution < 1.29 is 0 Å². The molecule has 0 aliphatic rings. The molecule has 0 spiro atoms. The first-order valence-corrected chi connectivity index (χ1v) is 8.98. The fraction of sp³-hybridized carbons (Fsp3) is 0.143. The second kappa shape index (κ2) is 7.37. The van der Waals surface area contributed by atoms with Crippen molar-refractivity contribution in [2.24, 2.45) is 0 Å². The second-order valence-electron chi connectivity index (χ2n) is 6.33. The van der Waals surface area contributed by atoms with Gasteiger partial charge in [0.1, 0.15) is 18.0 Å². The molecule has 7 heteroatoms. The fourth-order valence-electron chi connectivity index (χ4n) is 3.36. The Morgan fingerprint density at radius 2 is 2.04 bits per heavy atom. The normalized spacial score (nSPS) is 11.9. The largest absolute Gasteiger partial charge is 0.392 e. The molecule has 4 rings (SSSR count). The van der Waals surface area contributed by atoms with Crippen LogP contribution in [0.25, 0.3) is 21.7 Å². The Kier molecular flexibility index (Phi) is 4.60. The summed E-state index contributed by atoms with van der Waals surface area (Å²) in [7, 11) is 0. The summed E-state index contributed by atoms with van der Waals surface area (Å²) in [6.07, 6.45) is 5.98. The molecular weight excluding hydrogens is 350 g/mol. The molecule has 1 atom stereocenters. The number of hydrogen-bond acceptors (Lipinski definition) is 5. The minimum Gasteiger partial charge on any atom is -0.392 e. The van der Waals surface area contributed by atoms with E-state index in [1.165, 1.54) is 6.33 Å². The van der Waals surface area contributed by atoms with Crippen LogP contribution in [-0.2, 0) is 0 Å². The maximum absolute atomic E-state index is 7.41. The molecule has 138 valence electrons. The molecule has 1 unspecified atom stereocenters. The number of nitrogens with two attached hydrogens (primary N) is 1. The number of nitrogens with one attached hydrogen (secondary N) is 1. The maximum atomic E-state index is 7.41. The third-order valence-electron chi connectivity index (χ3n) is 4.67. The number of anilines is 2. The van der Waals surface area contributed by atoms with Crippen molar-refractivity contribution in [2.45, 2.75) is 19.4 Å². The lowest BCUT2D eigenvalue weighted by Gasteiger charge is -2.20. The molecule has 0 amide bonds. The van der Waals surface area contributed by atoms with Crippen molar-refractivity contribution >= 4 is 22.8 Å². The van der Waals surface area contributed by atoms with Crippen LogP contribution in [0.4, 0.5) is 17.3 Å². The van der Waals surface area contributed by atoms with E-state index in [0.29, 0.717) is 5.82 Å². The van der Waals surface area contributed by atoms with E-state index in [1.807, 2.05) is 36.5 Å². The van der Waals surface area contributed by atoms with Crippen molar-refractivity contribution in [1.82, 2.24) is 19.4 Å². The molecule has 0 saturated heterocycles. The van der Waals surface area contributed by atoms with Gasteiger partial charge in [0.15, 0.2) is 0 Å². The summed E-state index contributed by atoms with van der Waals surface area (Å²) >= 11 is 0. The standard InChI is InChI=1S/C21H19N7/c1-3-16(27-21-18(23-2)20(22)25-13-26-21)15-12-14-8-5-7-11-28(14)19(15)17-9-4-6-10-24-17/h4-13,16H,3H2,1H3,(H3,22,25,26,27). The van der Waals surface area contributed by atoms with Gasteiger partial charge in [-0.2, -0.15) is 0 Å². The van der Waals surface area contributed by atoms with Gasteiger partial charge in [-0.25, -0.2) is 14.8 Å². The van der Waals surface area contributed by atoms with Crippen molar-refractivity contribution in [3.63, 3.8) is 0 Å². The van der Waals surface area contributed by atoms with Crippen molar-refractivity contribution in [2.75, 3.05) is 11.1 Å². The quantitative estimate of drug-likeness (QED) is 0.506. The monoisotopic (exact) mass is 369 g/mol. The summed E-state index contributed by atoms with van der Waals surface area (Å²) in [5, 5.41) is 3.39. The lowest BCUT2D eigenvalue weighted by atomic mass is 10.0. The summed E-state index contributed by atoms with van der Waals surface area (Å²) in [5.41, 5.74) is 10.2. The molecule has 7 nitrogen and oxygen atoms in total. The minimum atomic E-state index is -0.0771. The zero-order valence-electron chi connectivity index (χ0n) is 15.4. The minimum absolute atomic E-state index is 0.0771. The molecule has 0 bridgehead atoms. The summed E-state index contributed by atoms with van der Waals surface area (Å²) < 4.78 is 2.13. The molecule has 0 aliphatic carbocycles. The van der Waals surface area contributed by atoms with Gasteiger partial charge in [0.2, 0.25) is 0 Å². The van der Waals surface area contributed by atoms with E-state index in [4.69, 9.17) is 12.3 Å². The SMILES string of the molecule is [C-]#[N+]c1c(N)ncnc1NC(CC)c1cc2ccccn2c1-c1ccccn1. The Morgan fingerprint density at radius 3 is 2.79 bits per heavy atom. The second-order valence-corrected chi connectivity index (χ2v) is 6.33. The number of aromatic nitrogens is 4. The Labute approximate surface area is 162 Å². The fourth-order valence-corrected chi connectivity index (χ4v) is 3.36. The molecular formula is C21H19N7. The molecule has 0 fully saturated rings. The van der Waals surface area contributed by atoms with Crippen LogP contribution >= 0.6 is 0 Å². The zero-order chi connectivity index (χ0) is 19.5.